The second-order valence-corrected chi connectivity index (χ2v) is 16.0. The standard InChI is InChI=1S/C43H51F3N4O6S2/c1-32(30-57-24-22-48-50-47)31-58-25-23-51-29-37-38(52-26-33-14-6-2-7-15-33)39(53-27-34-16-8-3-9-17-34)40(54-28-35-18-10-4-11-19-35)41(55-37)56-42(43(44,45)46)49-36-20-12-5-13-21-36/h2-21,32,37-42,49H,22-31H2,1H3/t32?,37?,38-,39?,40?,41-,42?/m0/s1. The monoisotopic (exact) mass is 840 g/mol. The summed E-state index contributed by atoms with van der Waals surface area (Å²) in [5.74, 6) is 3.78. The van der Waals surface area contributed by atoms with E-state index in [0.29, 0.717) is 24.8 Å². The third kappa shape index (κ3) is 15.8. The highest BCUT2D eigenvalue weighted by Gasteiger charge is 2.52. The van der Waals surface area contributed by atoms with Gasteiger partial charge in [0.15, 0.2) is 6.29 Å². The molecule has 1 N–H and O–H groups in total. The smallest absolute Gasteiger partial charge is 0.378 e. The van der Waals surface area contributed by atoms with Crippen molar-refractivity contribution in [3.8, 4) is 0 Å². The second-order valence-electron chi connectivity index (χ2n) is 13.7. The first-order valence-electron chi connectivity index (χ1n) is 19.2. The first kappa shape index (κ1) is 45.3. The van der Waals surface area contributed by atoms with Gasteiger partial charge in [0.1, 0.15) is 24.4 Å². The van der Waals surface area contributed by atoms with Crippen LogP contribution in [0.3, 0.4) is 0 Å². The zero-order valence-electron chi connectivity index (χ0n) is 32.4. The van der Waals surface area contributed by atoms with Crippen molar-refractivity contribution in [1.29, 1.82) is 0 Å². The Morgan fingerprint density at radius 1 is 0.724 bits per heavy atom. The summed E-state index contributed by atoms with van der Waals surface area (Å²) in [5.41, 5.74) is 11.3. The van der Waals surface area contributed by atoms with E-state index in [2.05, 4.69) is 22.3 Å². The Labute approximate surface area is 347 Å². The predicted octanol–water partition coefficient (Wildman–Crippen LogP) is 9.91. The number of halogens is 3. The van der Waals surface area contributed by atoms with Crippen molar-refractivity contribution in [2.75, 3.05) is 48.1 Å². The van der Waals surface area contributed by atoms with Crippen LogP contribution in [0.5, 0.6) is 0 Å². The average Bonchev–Trinajstić information content (AvgIpc) is 3.24. The van der Waals surface area contributed by atoms with Crippen LogP contribution in [0, 0.1) is 5.92 Å². The highest BCUT2D eigenvalue weighted by Crippen LogP contribution is 2.35. The van der Waals surface area contributed by atoms with Crippen molar-refractivity contribution in [3.63, 3.8) is 0 Å². The fourth-order valence-electron chi connectivity index (χ4n) is 6.09. The summed E-state index contributed by atoms with van der Waals surface area (Å²) in [6.45, 7) is 3.39. The number of alkyl halides is 3. The van der Waals surface area contributed by atoms with Gasteiger partial charge < -0.3 is 33.7 Å². The van der Waals surface area contributed by atoms with E-state index in [1.54, 1.807) is 41.7 Å². The molecule has 4 aromatic carbocycles. The molecule has 58 heavy (non-hydrogen) atoms. The second kappa shape index (κ2) is 25.0. The molecule has 1 aliphatic heterocycles. The lowest BCUT2D eigenvalue weighted by atomic mass is 9.97. The molecule has 1 heterocycles. The van der Waals surface area contributed by atoms with E-state index in [-0.39, 0.29) is 32.1 Å². The van der Waals surface area contributed by atoms with E-state index in [1.807, 2.05) is 91.0 Å². The number of rotatable bonds is 25. The molecule has 10 nitrogen and oxygen atoms in total. The Hall–Kier alpha value is -3.76. The number of para-hydroxylation sites is 1. The molecule has 1 saturated heterocycles. The average molecular weight is 841 g/mol. The fraction of sp³-hybridized carbons (Fsp3) is 0.442. The molecule has 0 radical (unpaired) electrons. The van der Waals surface area contributed by atoms with Crippen molar-refractivity contribution in [1.82, 2.24) is 0 Å². The van der Waals surface area contributed by atoms with E-state index in [4.69, 9.17) is 34.0 Å². The highest BCUT2D eigenvalue weighted by atomic mass is 32.2. The molecule has 5 rings (SSSR count). The molecule has 5 unspecified atom stereocenters. The van der Waals surface area contributed by atoms with Crippen molar-refractivity contribution >= 4 is 29.2 Å². The minimum atomic E-state index is -4.83. The van der Waals surface area contributed by atoms with E-state index in [9.17, 15) is 13.2 Å². The van der Waals surface area contributed by atoms with Crippen LogP contribution in [0.4, 0.5) is 18.9 Å². The lowest BCUT2D eigenvalue weighted by Gasteiger charge is -2.46. The lowest BCUT2D eigenvalue weighted by molar-refractivity contribution is -0.353. The van der Waals surface area contributed by atoms with Crippen LogP contribution in [-0.2, 0) is 48.2 Å². The minimum Gasteiger partial charge on any atom is -0.378 e. The highest BCUT2D eigenvalue weighted by molar-refractivity contribution is 8.00. The summed E-state index contributed by atoms with van der Waals surface area (Å²) in [6, 6.07) is 36.5. The zero-order valence-corrected chi connectivity index (χ0v) is 34.0. The number of ether oxygens (including phenoxy) is 6. The molecule has 15 heteroatoms. The number of anilines is 1. The fourth-order valence-corrected chi connectivity index (χ4v) is 8.06. The number of hydrogen-bond acceptors (Lipinski definition) is 10. The number of nitrogens with zero attached hydrogens (tertiary/aromatic N) is 3. The van der Waals surface area contributed by atoms with E-state index < -0.39 is 43.1 Å². The first-order chi connectivity index (χ1) is 28.3. The summed E-state index contributed by atoms with van der Waals surface area (Å²) in [4.78, 5) is 2.79. The Kier molecular flexibility index (Phi) is 19.5. The van der Waals surface area contributed by atoms with Gasteiger partial charge in [-0.25, -0.2) is 0 Å². The van der Waals surface area contributed by atoms with Crippen LogP contribution < -0.4 is 5.32 Å². The van der Waals surface area contributed by atoms with E-state index >= 15 is 0 Å². The molecule has 0 saturated carbocycles. The third-order valence-corrected chi connectivity index (χ3v) is 11.5. The van der Waals surface area contributed by atoms with Crippen molar-refractivity contribution in [2.45, 2.75) is 69.9 Å². The quantitative estimate of drug-likeness (QED) is 0.0229. The van der Waals surface area contributed by atoms with Gasteiger partial charge in [-0.1, -0.05) is 121 Å². The summed E-state index contributed by atoms with van der Waals surface area (Å²) in [7, 11) is 0. The van der Waals surface area contributed by atoms with Gasteiger partial charge in [0.05, 0.1) is 33.0 Å². The van der Waals surface area contributed by atoms with Gasteiger partial charge in [-0.15, -0.1) is 0 Å². The molecule has 1 aliphatic rings. The van der Waals surface area contributed by atoms with Crippen molar-refractivity contribution in [2.24, 2.45) is 11.0 Å². The molecular formula is C43H51F3N4O6S2. The largest absolute Gasteiger partial charge is 0.433 e. The van der Waals surface area contributed by atoms with Gasteiger partial charge in [-0.05, 0) is 57.5 Å². The Bertz CT molecular complexity index is 1750. The molecule has 0 spiro atoms. The first-order valence-corrected chi connectivity index (χ1v) is 21.5. The van der Waals surface area contributed by atoms with Gasteiger partial charge in [0.2, 0.25) is 6.23 Å². The van der Waals surface area contributed by atoms with Gasteiger partial charge in [-0.3, -0.25) is 0 Å². The summed E-state index contributed by atoms with van der Waals surface area (Å²) in [6.07, 6.45) is -12.7. The van der Waals surface area contributed by atoms with Crippen molar-refractivity contribution < 1.29 is 41.6 Å². The Balaban J connectivity index is 1.39. The molecule has 0 amide bonds. The number of hydrogen-bond donors (Lipinski definition) is 1. The van der Waals surface area contributed by atoms with E-state index in [1.165, 1.54) is 12.1 Å². The van der Waals surface area contributed by atoms with Gasteiger partial charge in [-0.2, -0.15) is 36.7 Å². The topological polar surface area (TPSA) is 116 Å². The number of azide groups is 1. The van der Waals surface area contributed by atoms with Crippen LogP contribution in [0.15, 0.2) is 126 Å². The van der Waals surface area contributed by atoms with Crippen LogP contribution in [-0.4, -0.2) is 85.9 Å². The van der Waals surface area contributed by atoms with Gasteiger partial charge in [0.25, 0.3) is 0 Å². The van der Waals surface area contributed by atoms with Crippen LogP contribution >= 0.6 is 23.5 Å². The SMILES string of the molecule is CC(CSCCN=[N+]=[N-])CSCCOCC1O[C@@H](OC(Nc2ccccc2)C(F)(F)F)C(OCc2ccccc2)C(OCc2ccccc2)[C@H]1OCc1ccccc1. The van der Waals surface area contributed by atoms with Gasteiger partial charge >= 0.3 is 6.18 Å². The maximum atomic E-state index is 14.8. The van der Waals surface area contributed by atoms with Crippen LogP contribution in [0.1, 0.15) is 23.6 Å². The summed E-state index contributed by atoms with van der Waals surface area (Å²) in [5, 5.41) is 6.07. The molecule has 1 fully saturated rings. The number of nitrogens with one attached hydrogen (secondary N) is 1. The molecule has 4 aromatic rings. The molecular weight excluding hydrogens is 790 g/mol. The number of benzene rings is 4. The third-order valence-electron chi connectivity index (χ3n) is 8.94. The summed E-state index contributed by atoms with van der Waals surface area (Å²) < 4.78 is 82.7. The minimum absolute atomic E-state index is 0.00406. The van der Waals surface area contributed by atoms with Crippen molar-refractivity contribution in [3.05, 3.63) is 148 Å². The zero-order chi connectivity index (χ0) is 40.8. The van der Waals surface area contributed by atoms with E-state index in [0.717, 1.165) is 33.9 Å². The van der Waals surface area contributed by atoms with Crippen LogP contribution in [0.25, 0.3) is 10.4 Å². The maximum Gasteiger partial charge on any atom is 0.433 e. The number of thioether (sulfide) groups is 2. The molecule has 0 aliphatic carbocycles. The molecule has 7 atom stereocenters. The molecule has 312 valence electrons. The Morgan fingerprint density at radius 2 is 1.22 bits per heavy atom. The predicted molar refractivity (Wildman–Crippen MR) is 223 cm³/mol. The lowest BCUT2D eigenvalue weighted by Crippen LogP contribution is -2.63. The van der Waals surface area contributed by atoms with Gasteiger partial charge in [0, 0.05) is 22.9 Å². The molecule has 0 bridgehead atoms. The maximum absolute atomic E-state index is 14.8. The summed E-state index contributed by atoms with van der Waals surface area (Å²) >= 11 is 3.51. The van der Waals surface area contributed by atoms with Crippen LogP contribution in [0.2, 0.25) is 0 Å². The molecule has 0 aromatic heterocycles. The Morgan fingerprint density at radius 3 is 1.76 bits per heavy atom. The normalized spacial score (nSPS) is 20.5.